The molecular weight excluding hydrogens is 264 g/mol. The number of hydrogen-bond donors (Lipinski definition) is 1. The number of sulfonamides is 1. The zero-order valence-corrected chi connectivity index (χ0v) is 12.8. The van der Waals surface area contributed by atoms with E-state index < -0.39 is 10.0 Å². The standard InChI is InChI=1S/C12H24N4O2S/c1-4-8-15(3)19(17,18)12-10-14-16(11-12)9-6-7-13-5-2/h10-11,13H,4-9H2,1-3H3. The van der Waals surface area contributed by atoms with Crippen LogP contribution in [0, 0.1) is 0 Å². The van der Waals surface area contributed by atoms with Crippen molar-refractivity contribution in [3.05, 3.63) is 12.4 Å². The van der Waals surface area contributed by atoms with Gasteiger partial charge in [0.05, 0.1) is 6.20 Å². The minimum absolute atomic E-state index is 0.270. The Morgan fingerprint density at radius 3 is 2.79 bits per heavy atom. The molecule has 0 spiro atoms. The number of hydrogen-bond acceptors (Lipinski definition) is 4. The third-order valence-corrected chi connectivity index (χ3v) is 4.66. The van der Waals surface area contributed by atoms with Gasteiger partial charge >= 0.3 is 0 Å². The van der Waals surface area contributed by atoms with E-state index in [0.717, 1.165) is 32.5 Å². The summed E-state index contributed by atoms with van der Waals surface area (Å²) in [6, 6.07) is 0. The summed E-state index contributed by atoms with van der Waals surface area (Å²) in [5.74, 6) is 0. The molecule has 0 saturated heterocycles. The van der Waals surface area contributed by atoms with Crippen LogP contribution < -0.4 is 5.32 Å². The van der Waals surface area contributed by atoms with Crippen molar-refractivity contribution in [3.8, 4) is 0 Å². The van der Waals surface area contributed by atoms with Crippen molar-refractivity contribution in [2.45, 2.75) is 38.1 Å². The van der Waals surface area contributed by atoms with E-state index in [2.05, 4.69) is 17.3 Å². The van der Waals surface area contributed by atoms with Crippen LogP contribution in [-0.2, 0) is 16.6 Å². The monoisotopic (exact) mass is 288 g/mol. The molecule has 0 aliphatic heterocycles. The van der Waals surface area contributed by atoms with E-state index in [1.54, 1.807) is 17.9 Å². The highest BCUT2D eigenvalue weighted by molar-refractivity contribution is 7.89. The molecule has 1 aromatic rings. The summed E-state index contributed by atoms with van der Waals surface area (Å²) >= 11 is 0. The third-order valence-electron chi connectivity index (χ3n) is 2.85. The summed E-state index contributed by atoms with van der Waals surface area (Å²) in [6.07, 6.45) is 4.76. The second-order valence-electron chi connectivity index (χ2n) is 4.47. The van der Waals surface area contributed by atoms with Gasteiger partial charge in [0, 0.05) is 26.3 Å². The largest absolute Gasteiger partial charge is 0.317 e. The molecular formula is C12H24N4O2S. The number of nitrogens with zero attached hydrogens (tertiary/aromatic N) is 3. The van der Waals surface area contributed by atoms with Crippen LogP contribution in [-0.4, -0.2) is 49.2 Å². The van der Waals surface area contributed by atoms with Gasteiger partial charge in [-0.1, -0.05) is 13.8 Å². The molecule has 0 atom stereocenters. The van der Waals surface area contributed by atoms with Crippen LogP contribution in [0.1, 0.15) is 26.7 Å². The summed E-state index contributed by atoms with van der Waals surface area (Å²) in [5, 5.41) is 7.33. The van der Waals surface area contributed by atoms with Gasteiger partial charge in [-0.3, -0.25) is 4.68 Å². The van der Waals surface area contributed by atoms with Crippen LogP contribution in [0.3, 0.4) is 0 Å². The van der Waals surface area contributed by atoms with Crippen LogP contribution in [0.2, 0.25) is 0 Å². The van der Waals surface area contributed by atoms with Crippen molar-refractivity contribution < 1.29 is 8.42 Å². The van der Waals surface area contributed by atoms with E-state index in [9.17, 15) is 8.42 Å². The highest BCUT2D eigenvalue weighted by atomic mass is 32.2. The molecule has 19 heavy (non-hydrogen) atoms. The number of aryl methyl sites for hydroxylation is 1. The van der Waals surface area contributed by atoms with Crippen molar-refractivity contribution in [3.63, 3.8) is 0 Å². The van der Waals surface area contributed by atoms with Gasteiger partial charge in [0.25, 0.3) is 0 Å². The highest BCUT2D eigenvalue weighted by Gasteiger charge is 2.21. The van der Waals surface area contributed by atoms with Crippen LogP contribution in [0.25, 0.3) is 0 Å². The Labute approximate surface area is 115 Å². The molecule has 1 aromatic heterocycles. The molecule has 1 rings (SSSR count). The topological polar surface area (TPSA) is 67.2 Å². The zero-order valence-electron chi connectivity index (χ0n) is 12.0. The molecule has 0 saturated carbocycles. The van der Waals surface area contributed by atoms with E-state index in [1.807, 2.05) is 6.92 Å². The minimum atomic E-state index is -3.38. The molecule has 0 unspecified atom stereocenters. The Morgan fingerprint density at radius 2 is 2.16 bits per heavy atom. The molecule has 0 aliphatic carbocycles. The molecule has 7 heteroatoms. The smallest absolute Gasteiger partial charge is 0.245 e. The number of rotatable bonds is 9. The molecule has 1 heterocycles. The maximum absolute atomic E-state index is 12.2. The molecule has 6 nitrogen and oxygen atoms in total. The van der Waals surface area contributed by atoms with Gasteiger partial charge in [0.1, 0.15) is 4.90 Å². The van der Waals surface area contributed by atoms with Crippen molar-refractivity contribution in [2.24, 2.45) is 0 Å². The van der Waals surface area contributed by atoms with Crippen molar-refractivity contribution >= 4 is 10.0 Å². The SMILES string of the molecule is CCCN(C)S(=O)(=O)c1cnn(CCCNCC)c1. The van der Waals surface area contributed by atoms with Crippen LogP contribution in [0.5, 0.6) is 0 Å². The van der Waals surface area contributed by atoms with Crippen LogP contribution in [0.15, 0.2) is 17.3 Å². The minimum Gasteiger partial charge on any atom is -0.317 e. The lowest BCUT2D eigenvalue weighted by atomic mass is 10.4. The number of nitrogens with one attached hydrogen (secondary N) is 1. The lowest BCUT2D eigenvalue weighted by Gasteiger charge is -2.14. The van der Waals surface area contributed by atoms with Gasteiger partial charge in [0.15, 0.2) is 0 Å². The maximum atomic E-state index is 12.2. The predicted octanol–water partition coefficient (Wildman–Crippen LogP) is 0.913. The average molecular weight is 288 g/mol. The Hall–Kier alpha value is -0.920. The Kier molecular flexibility index (Phi) is 6.47. The van der Waals surface area contributed by atoms with Crippen LogP contribution >= 0.6 is 0 Å². The molecule has 1 N–H and O–H groups in total. The molecule has 110 valence electrons. The van der Waals surface area contributed by atoms with Gasteiger partial charge in [-0.25, -0.2) is 12.7 Å². The van der Waals surface area contributed by atoms with E-state index in [0.29, 0.717) is 6.54 Å². The first kappa shape index (κ1) is 16.1. The van der Waals surface area contributed by atoms with Crippen molar-refractivity contribution in [2.75, 3.05) is 26.7 Å². The van der Waals surface area contributed by atoms with E-state index in [-0.39, 0.29) is 4.90 Å². The molecule has 0 bridgehead atoms. The fraction of sp³-hybridized carbons (Fsp3) is 0.750. The first-order chi connectivity index (χ1) is 9.02. The quantitative estimate of drug-likeness (QED) is 0.686. The molecule has 0 fully saturated rings. The normalized spacial score (nSPS) is 12.2. The fourth-order valence-corrected chi connectivity index (χ4v) is 2.98. The summed E-state index contributed by atoms with van der Waals surface area (Å²) < 4.78 is 27.4. The average Bonchev–Trinajstić information content (AvgIpc) is 2.84. The summed E-state index contributed by atoms with van der Waals surface area (Å²) in [6.45, 7) is 7.11. The Bertz CT molecular complexity index is 470. The van der Waals surface area contributed by atoms with E-state index in [1.165, 1.54) is 10.5 Å². The lowest BCUT2D eigenvalue weighted by molar-refractivity contribution is 0.468. The maximum Gasteiger partial charge on any atom is 0.245 e. The van der Waals surface area contributed by atoms with Gasteiger partial charge in [0.2, 0.25) is 10.0 Å². The molecule has 0 aliphatic rings. The van der Waals surface area contributed by atoms with Crippen LogP contribution in [0.4, 0.5) is 0 Å². The molecule has 0 aromatic carbocycles. The first-order valence-corrected chi connectivity index (χ1v) is 8.15. The van der Waals surface area contributed by atoms with Gasteiger partial charge in [-0.2, -0.15) is 5.10 Å². The summed E-state index contributed by atoms with van der Waals surface area (Å²) in [5.41, 5.74) is 0. The predicted molar refractivity (Wildman–Crippen MR) is 75.5 cm³/mol. The summed E-state index contributed by atoms with van der Waals surface area (Å²) in [7, 11) is -1.78. The van der Waals surface area contributed by atoms with Gasteiger partial charge in [-0.05, 0) is 25.9 Å². The highest BCUT2D eigenvalue weighted by Crippen LogP contribution is 2.13. The summed E-state index contributed by atoms with van der Waals surface area (Å²) in [4.78, 5) is 0.270. The van der Waals surface area contributed by atoms with Gasteiger partial charge in [-0.15, -0.1) is 0 Å². The number of aromatic nitrogens is 2. The van der Waals surface area contributed by atoms with Crippen molar-refractivity contribution in [1.82, 2.24) is 19.4 Å². The zero-order chi connectivity index (χ0) is 14.3. The van der Waals surface area contributed by atoms with E-state index >= 15 is 0 Å². The Balaban J connectivity index is 2.63. The Morgan fingerprint density at radius 1 is 1.42 bits per heavy atom. The second kappa shape index (κ2) is 7.62. The molecule has 0 amide bonds. The lowest BCUT2D eigenvalue weighted by Crippen LogP contribution is -2.27. The first-order valence-electron chi connectivity index (χ1n) is 6.71. The third kappa shape index (κ3) is 4.59. The van der Waals surface area contributed by atoms with Crippen molar-refractivity contribution in [1.29, 1.82) is 0 Å². The second-order valence-corrected chi connectivity index (χ2v) is 6.52. The fourth-order valence-electron chi connectivity index (χ4n) is 1.76. The molecule has 0 radical (unpaired) electrons. The van der Waals surface area contributed by atoms with Gasteiger partial charge < -0.3 is 5.32 Å². The van der Waals surface area contributed by atoms with E-state index in [4.69, 9.17) is 0 Å².